The zero-order valence-electron chi connectivity index (χ0n) is 17.9. The Balaban J connectivity index is 1.61. The van der Waals surface area contributed by atoms with Crippen molar-refractivity contribution in [2.75, 3.05) is 5.73 Å². The van der Waals surface area contributed by atoms with Gasteiger partial charge in [-0.15, -0.1) is 0 Å². The van der Waals surface area contributed by atoms with E-state index in [1.54, 1.807) is 0 Å². The second-order valence-electron chi connectivity index (χ2n) is 8.91. The first kappa shape index (κ1) is 19.0. The first-order valence-corrected chi connectivity index (χ1v) is 11.1. The van der Waals surface area contributed by atoms with E-state index in [-0.39, 0.29) is 0 Å². The third-order valence-corrected chi connectivity index (χ3v) is 6.59. The lowest BCUT2D eigenvalue weighted by atomic mass is 9.92. The summed E-state index contributed by atoms with van der Waals surface area (Å²) in [5.41, 5.74) is 15.1. The molecular formula is C27H29N3. The maximum absolute atomic E-state index is 6.33. The van der Waals surface area contributed by atoms with Gasteiger partial charge in [0.1, 0.15) is 5.52 Å². The molecule has 0 aliphatic heterocycles. The van der Waals surface area contributed by atoms with Gasteiger partial charge in [-0.05, 0) is 73.8 Å². The molecule has 2 aromatic heterocycles. The Morgan fingerprint density at radius 2 is 1.77 bits per heavy atom. The number of rotatable bonds is 6. The number of anilines is 1. The van der Waals surface area contributed by atoms with Gasteiger partial charge in [0.05, 0.1) is 5.52 Å². The van der Waals surface area contributed by atoms with Crippen molar-refractivity contribution in [1.82, 2.24) is 9.97 Å². The van der Waals surface area contributed by atoms with Gasteiger partial charge in [-0.2, -0.15) is 0 Å². The molecule has 0 unspecified atom stereocenters. The van der Waals surface area contributed by atoms with Gasteiger partial charge in [0.25, 0.3) is 0 Å². The molecule has 1 aliphatic rings. The van der Waals surface area contributed by atoms with E-state index in [1.165, 1.54) is 57.9 Å². The molecule has 3 nitrogen and oxygen atoms in total. The molecule has 152 valence electrons. The van der Waals surface area contributed by atoms with Crippen molar-refractivity contribution in [2.24, 2.45) is 5.92 Å². The van der Waals surface area contributed by atoms with E-state index < -0.39 is 0 Å². The number of aryl methyl sites for hydroxylation is 5. The Morgan fingerprint density at radius 3 is 2.57 bits per heavy atom. The molecule has 3 heteroatoms. The minimum atomic E-state index is 0.539. The maximum atomic E-state index is 6.33. The van der Waals surface area contributed by atoms with Gasteiger partial charge in [-0.3, -0.25) is 4.98 Å². The zero-order chi connectivity index (χ0) is 20.7. The fourth-order valence-electron chi connectivity index (χ4n) is 4.69. The van der Waals surface area contributed by atoms with Crippen LogP contribution in [0.3, 0.4) is 0 Å². The Morgan fingerprint density at radius 1 is 0.967 bits per heavy atom. The first-order chi connectivity index (χ1) is 14.6. The Labute approximate surface area is 178 Å². The summed E-state index contributed by atoms with van der Waals surface area (Å²) in [5.74, 6) is 1.43. The molecule has 1 saturated carbocycles. The van der Waals surface area contributed by atoms with Crippen molar-refractivity contribution < 1.29 is 0 Å². The normalized spacial score (nSPS) is 13.9. The summed E-state index contributed by atoms with van der Waals surface area (Å²) < 4.78 is 0. The number of nitrogens with zero attached hydrogens (tertiary/aromatic N) is 2. The summed E-state index contributed by atoms with van der Waals surface area (Å²) in [6.45, 7) is 4.37. The van der Waals surface area contributed by atoms with Crippen molar-refractivity contribution in [2.45, 2.75) is 52.4 Å². The van der Waals surface area contributed by atoms with Gasteiger partial charge >= 0.3 is 0 Å². The topological polar surface area (TPSA) is 51.8 Å². The second kappa shape index (κ2) is 7.71. The highest BCUT2D eigenvalue weighted by molar-refractivity contribution is 6.10. The molecule has 1 aliphatic carbocycles. The number of pyridine rings is 2. The van der Waals surface area contributed by atoms with E-state index in [0.29, 0.717) is 5.82 Å². The van der Waals surface area contributed by atoms with Crippen LogP contribution in [0.1, 0.15) is 47.1 Å². The smallest absolute Gasteiger partial charge is 0.150 e. The molecule has 0 radical (unpaired) electrons. The third kappa shape index (κ3) is 3.65. The molecule has 5 rings (SSSR count). The highest BCUT2D eigenvalue weighted by atomic mass is 14.9. The molecule has 4 aromatic rings. The molecule has 30 heavy (non-hydrogen) atoms. The van der Waals surface area contributed by atoms with Crippen LogP contribution < -0.4 is 5.73 Å². The largest absolute Gasteiger partial charge is 0.382 e. The van der Waals surface area contributed by atoms with Crippen LogP contribution in [0.15, 0.2) is 48.7 Å². The summed E-state index contributed by atoms with van der Waals surface area (Å²) in [4.78, 5) is 9.41. The first-order valence-electron chi connectivity index (χ1n) is 11.1. The number of fused-ring (bicyclic) bond motifs is 3. The zero-order valence-corrected chi connectivity index (χ0v) is 17.9. The number of aromatic nitrogens is 2. The van der Waals surface area contributed by atoms with Crippen LogP contribution in [0.2, 0.25) is 0 Å². The monoisotopic (exact) mass is 395 g/mol. The minimum Gasteiger partial charge on any atom is -0.382 e. The average molecular weight is 396 g/mol. The van der Waals surface area contributed by atoms with Gasteiger partial charge in [-0.1, -0.05) is 54.8 Å². The Kier molecular flexibility index (Phi) is 4.90. The van der Waals surface area contributed by atoms with Gasteiger partial charge < -0.3 is 5.73 Å². The quantitative estimate of drug-likeness (QED) is 0.401. The van der Waals surface area contributed by atoms with Crippen LogP contribution in [0.4, 0.5) is 5.82 Å². The lowest BCUT2D eigenvalue weighted by Crippen LogP contribution is -2.05. The van der Waals surface area contributed by atoms with Crippen LogP contribution in [0, 0.1) is 19.8 Å². The summed E-state index contributed by atoms with van der Waals surface area (Å²) >= 11 is 0. The van der Waals surface area contributed by atoms with Crippen molar-refractivity contribution in [3.63, 3.8) is 0 Å². The molecule has 2 heterocycles. The number of nitrogens with two attached hydrogens (primary N) is 1. The fraction of sp³-hybridized carbons (Fsp3) is 0.333. The van der Waals surface area contributed by atoms with Crippen LogP contribution in [-0.2, 0) is 19.3 Å². The highest BCUT2D eigenvalue weighted by Gasteiger charge is 2.23. The molecule has 0 atom stereocenters. The maximum Gasteiger partial charge on any atom is 0.150 e. The molecule has 0 spiro atoms. The van der Waals surface area contributed by atoms with Crippen molar-refractivity contribution in [1.29, 1.82) is 0 Å². The van der Waals surface area contributed by atoms with Gasteiger partial charge in [0.2, 0.25) is 0 Å². The molecule has 0 saturated heterocycles. The second-order valence-corrected chi connectivity index (χ2v) is 8.91. The van der Waals surface area contributed by atoms with Crippen LogP contribution in [0.25, 0.3) is 21.8 Å². The molecule has 0 amide bonds. The average Bonchev–Trinajstić information content (AvgIpc) is 3.56. The number of hydrogen-bond donors (Lipinski definition) is 1. The predicted molar refractivity (Wildman–Crippen MR) is 126 cm³/mol. The standard InChI is InChI=1S/C27H29N3/c1-17-7-11-20(18(2)15-17)12-13-21-16-29-26-25(22(21)14-10-19-8-9-19)23-5-3-4-6-24(23)30-27(26)28/h3-7,11,15-16,19H,8-10,12-14H2,1-2H3,(H2,28,30). The Hall–Kier alpha value is -2.94. The number of nitrogen functional groups attached to an aromatic ring is 1. The molecule has 1 fully saturated rings. The van der Waals surface area contributed by atoms with Crippen molar-refractivity contribution in [3.8, 4) is 0 Å². The summed E-state index contributed by atoms with van der Waals surface area (Å²) in [6.07, 6.45) is 9.21. The fourth-order valence-corrected chi connectivity index (χ4v) is 4.69. The lowest BCUT2D eigenvalue weighted by molar-refractivity contribution is 0.722. The molecule has 2 N–H and O–H groups in total. The van der Waals surface area contributed by atoms with Crippen molar-refractivity contribution in [3.05, 3.63) is 76.5 Å². The molecular weight excluding hydrogens is 366 g/mol. The van der Waals surface area contributed by atoms with Crippen LogP contribution >= 0.6 is 0 Å². The van der Waals surface area contributed by atoms with E-state index in [0.717, 1.165) is 36.2 Å². The highest BCUT2D eigenvalue weighted by Crippen LogP contribution is 2.37. The van der Waals surface area contributed by atoms with E-state index in [2.05, 4.69) is 61.4 Å². The summed E-state index contributed by atoms with van der Waals surface area (Å²) in [5, 5.41) is 2.39. The van der Waals surface area contributed by atoms with Gasteiger partial charge in [0, 0.05) is 17.0 Å². The van der Waals surface area contributed by atoms with E-state index >= 15 is 0 Å². The van der Waals surface area contributed by atoms with Crippen LogP contribution in [0.5, 0.6) is 0 Å². The summed E-state index contributed by atoms with van der Waals surface area (Å²) in [7, 11) is 0. The molecule has 2 aromatic carbocycles. The minimum absolute atomic E-state index is 0.539. The SMILES string of the molecule is Cc1ccc(CCc2cnc3c(N)nc4ccccc4c3c2CCC2CC2)c(C)c1. The number of hydrogen-bond acceptors (Lipinski definition) is 3. The van der Waals surface area contributed by atoms with Gasteiger partial charge in [-0.25, -0.2) is 4.98 Å². The third-order valence-electron chi connectivity index (χ3n) is 6.59. The van der Waals surface area contributed by atoms with E-state index in [4.69, 9.17) is 10.7 Å². The van der Waals surface area contributed by atoms with E-state index in [9.17, 15) is 0 Å². The number of para-hydroxylation sites is 1. The Bertz CT molecular complexity index is 1240. The lowest BCUT2D eigenvalue weighted by Gasteiger charge is -2.16. The van der Waals surface area contributed by atoms with Crippen LogP contribution in [-0.4, -0.2) is 9.97 Å². The molecule has 0 bridgehead atoms. The predicted octanol–water partition coefficient (Wildman–Crippen LogP) is 6.11. The van der Waals surface area contributed by atoms with Gasteiger partial charge in [0.15, 0.2) is 5.82 Å². The van der Waals surface area contributed by atoms with Crippen molar-refractivity contribution >= 4 is 27.6 Å². The summed E-state index contributed by atoms with van der Waals surface area (Å²) in [6, 6.07) is 15.1. The number of benzene rings is 2. The van der Waals surface area contributed by atoms with E-state index in [1.807, 2.05) is 6.07 Å².